The van der Waals surface area contributed by atoms with E-state index in [2.05, 4.69) is 34.1 Å². The number of hydrogen-bond acceptors (Lipinski definition) is 4. The third-order valence-electron chi connectivity index (χ3n) is 2.64. The van der Waals surface area contributed by atoms with Crippen molar-refractivity contribution in [3.8, 4) is 0 Å². The molecule has 0 saturated heterocycles. The summed E-state index contributed by atoms with van der Waals surface area (Å²) in [6.07, 6.45) is 7.20. The van der Waals surface area contributed by atoms with Gasteiger partial charge in [0.15, 0.2) is 0 Å². The van der Waals surface area contributed by atoms with E-state index in [-0.39, 0.29) is 6.04 Å². The number of aromatic nitrogens is 3. The van der Waals surface area contributed by atoms with Gasteiger partial charge in [-0.25, -0.2) is 9.97 Å². The molecule has 2 heterocycles. The highest BCUT2D eigenvalue weighted by Gasteiger charge is 2.17. The molecule has 0 saturated carbocycles. The van der Waals surface area contributed by atoms with Crippen LogP contribution < -0.4 is 5.32 Å². The Morgan fingerprint density at radius 3 is 2.65 bits per heavy atom. The molecule has 0 aliphatic carbocycles. The Morgan fingerprint density at radius 1 is 1.24 bits per heavy atom. The van der Waals surface area contributed by atoms with Gasteiger partial charge in [-0.1, -0.05) is 6.92 Å². The molecule has 2 aromatic rings. The molecule has 0 fully saturated rings. The molecule has 0 aliphatic heterocycles. The van der Waals surface area contributed by atoms with Gasteiger partial charge in [0, 0.05) is 24.8 Å². The average molecular weight is 228 g/mol. The molecule has 1 N–H and O–H groups in total. The lowest BCUT2D eigenvalue weighted by Gasteiger charge is -2.18. The van der Waals surface area contributed by atoms with Gasteiger partial charge in [-0.2, -0.15) is 0 Å². The van der Waals surface area contributed by atoms with Gasteiger partial charge in [-0.15, -0.1) is 0 Å². The predicted molar refractivity (Wildman–Crippen MR) is 66.5 cm³/mol. The Balaban J connectivity index is 2.39. The maximum absolute atomic E-state index is 4.31. The normalized spacial score (nSPS) is 12.4. The highest BCUT2D eigenvalue weighted by atomic mass is 15.0. The molecule has 2 rings (SSSR count). The molecular formula is C13H16N4. The van der Waals surface area contributed by atoms with Crippen LogP contribution in [0.5, 0.6) is 0 Å². The van der Waals surface area contributed by atoms with Crippen LogP contribution in [0.25, 0.3) is 0 Å². The summed E-state index contributed by atoms with van der Waals surface area (Å²) in [5.41, 5.74) is 2.32. The van der Waals surface area contributed by atoms with Gasteiger partial charge in [0.05, 0.1) is 6.04 Å². The Morgan fingerprint density at radius 2 is 2.00 bits per heavy atom. The van der Waals surface area contributed by atoms with E-state index in [1.54, 1.807) is 18.6 Å². The van der Waals surface area contributed by atoms with Gasteiger partial charge in [0.2, 0.25) is 0 Å². The molecular weight excluding hydrogens is 212 g/mol. The average Bonchev–Trinajstić information content (AvgIpc) is 2.38. The molecule has 0 aliphatic rings. The second-order valence-corrected chi connectivity index (χ2v) is 3.83. The zero-order valence-electron chi connectivity index (χ0n) is 10.1. The smallest absolute Gasteiger partial charge is 0.149 e. The van der Waals surface area contributed by atoms with Gasteiger partial charge in [-0.3, -0.25) is 4.98 Å². The van der Waals surface area contributed by atoms with Crippen molar-refractivity contribution in [3.63, 3.8) is 0 Å². The summed E-state index contributed by atoms with van der Waals surface area (Å²) in [7, 11) is 0. The number of rotatable bonds is 4. The quantitative estimate of drug-likeness (QED) is 0.868. The summed E-state index contributed by atoms with van der Waals surface area (Å²) in [4.78, 5) is 12.8. The lowest BCUT2D eigenvalue weighted by atomic mass is 10.0. The first-order valence-electron chi connectivity index (χ1n) is 5.73. The van der Waals surface area contributed by atoms with Crippen LogP contribution in [-0.2, 0) is 0 Å². The number of nitrogens with zero attached hydrogens (tertiary/aromatic N) is 3. The summed E-state index contributed by atoms with van der Waals surface area (Å²) < 4.78 is 0. The molecule has 2 aromatic heterocycles. The highest BCUT2D eigenvalue weighted by Crippen LogP contribution is 2.20. The minimum atomic E-state index is 0.00917. The number of aryl methyl sites for hydroxylation is 1. The van der Waals surface area contributed by atoms with E-state index in [1.165, 1.54) is 5.56 Å². The van der Waals surface area contributed by atoms with Crippen LogP contribution in [0.4, 0.5) is 0 Å². The van der Waals surface area contributed by atoms with Crippen LogP contribution in [0.2, 0.25) is 0 Å². The van der Waals surface area contributed by atoms with Crippen LogP contribution in [0.1, 0.15) is 29.9 Å². The second-order valence-electron chi connectivity index (χ2n) is 3.83. The van der Waals surface area contributed by atoms with Crippen molar-refractivity contribution in [1.29, 1.82) is 0 Å². The van der Waals surface area contributed by atoms with Gasteiger partial charge in [0.1, 0.15) is 5.82 Å². The van der Waals surface area contributed by atoms with E-state index < -0.39 is 0 Å². The summed E-state index contributed by atoms with van der Waals surface area (Å²) in [6, 6.07) is 3.83. The fourth-order valence-corrected chi connectivity index (χ4v) is 1.78. The van der Waals surface area contributed by atoms with Crippen molar-refractivity contribution in [2.45, 2.75) is 19.9 Å². The number of hydrogen-bond donors (Lipinski definition) is 1. The van der Waals surface area contributed by atoms with Crippen molar-refractivity contribution < 1.29 is 0 Å². The van der Waals surface area contributed by atoms with E-state index in [0.29, 0.717) is 0 Å². The Kier molecular flexibility index (Phi) is 3.77. The van der Waals surface area contributed by atoms with Crippen molar-refractivity contribution in [2.75, 3.05) is 6.54 Å². The standard InChI is InChI=1S/C13H16N4/c1-3-15-12(13-16-6-4-7-17-13)11-9-14-8-5-10(11)2/h4-9,12,15H,3H2,1-2H3. The molecule has 0 radical (unpaired) electrons. The van der Waals surface area contributed by atoms with Crippen LogP contribution in [0.3, 0.4) is 0 Å². The van der Waals surface area contributed by atoms with E-state index in [0.717, 1.165) is 17.9 Å². The molecule has 4 heteroatoms. The molecule has 17 heavy (non-hydrogen) atoms. The summed E-state index contributed by atoms with van der Waals surface area (Å²) in [5.74, 6) is 0.783. The fraction of sp³-hybridized carbons (Fsp3) is 0.308. The monoisotopic (exact) mass is 228 g/mol. The Labute approximate surface area is 101 Å². The molecule has 0 aromatic carbocycles. The van der Waals surface area contributed by atoms with Crippen LogP contribution in [-0.4, -0.2) is 21.5 Å². The zero-order chi connectivity index (χ0) is 12.1. The van der Waals surface area contributed by atoms with Crippen molar-refractivity contribution in [2.24, 2.45) is 0 Å². The molecule has 1 unspecified atom stereocenters. The third kappa shape index (κ3) is 2.65. The lowest BCUT2D eigenvalue weighted by Crippen LogP contribution is -2.24. The summed E-state index contributed by atoms with van der Waals surface area (Å²) in [6.45, 7) is 5.00. The first-order chi connectivity index (χ1) is 8.33. The maximum atomic E-state index is 4.31. The minimum Gasteiger partial charge on any atom is -0.304 e. The van der Waals surface area contributed by atoms with E-state index in [9.17, 15) is 0 Å². The maximum Gasteiger partial charge on any atom is 0.149 e. The number of nitrogens with one attached hydrogen (secondary N) is 1. The van der Waals surface area contributed by atoms with E-state index >= 15 is 0 Å². The predicted octanol–water partition coefficient (Wildman–Crippen LogP) is 1.88. The molecule has 88 valence electrons. The van der Waals surface area contributed by atoms with Gasteiger partial charge in [0.25, 0.3) is 0 Å². The molecule has 1 atom stereocenters. The molecule has 0 amide bonds. The van der Waals surface area contributed by atoms with Gasteiger partial charge < -0.3 is 5.32 Å². The van der Waals surface area contributed by atoms with Crippen LogP contribution >= 0.6 is 0 Å². The van der Waals surface area contributed by atoms with E-state index in [4.69, 9.17) is 0 Å². The third-order valence-corrected chi connectivity index (χ3v) is 2.64. The lowest BCUT2D eigenvalue weighted by molar-refractivity contribution is 0.593. The SMILES string of the molecule is CCNC(c1ncccn1)c1cnccc1C. The van der Waals surface area contributed by atoms with Gasteiger partial charge >= 0.3 is 0 Å². The largest absolute Gasteiger partial charge is 0.304 e. The van der Waals surface area contributed by atoms with Gasteiger partial charge in [-0.05, 0) is 36.7 Å². The molecule has 0 spiro atoms. The first-order valence-corrected chi connectivity index (χ1v) is 5.73. The van der Waals surface area contributed by atoms with Crippen LogP contribution in [0, 0.1) is 6.92 Å². The highest BCUT2D eigenvalue weighted by molar-refractivity contribution is 5.29. The molecule has 4 nitrogen and oxygen atoms in total. The van der Waals surface area contributed by atoms with Crippen molar-refractivity contribution >= 4 is 0 Å². The Hall–Kier alpha value is -1.81. The van der Waals surface area contributed by atoms with Crippen molar-refractivity contribution in [3.05, 3.63) is 53.9 Å². The van der Waals surface area contributed by atoms with Crippen LogP contribution in [0.15, 0.2) is 36.9 Å². The van der Waals surface area contributed by atoms with Crippen molar-refractivity contribution in [1.82, 2.24) is 20.3 Å². The molecule has 0 bridgehead atoms. The first kappa shape index (κ1) is 11.7. The second kappa shape index (κ2) is 5.50. The minimum absolute atomic E-state index is 0.00917. The topological polar surface area (TPSA) is 50.7 Å². The fourth-order valence-electron chi connectivity index (χ4n) is 1.78. The van der Waals surface area contributed by atoms with E-state index in [1.807, 2.05) is 18.3 Å². The summed E-state index contributed by atoms with van der Waals surface area (Å²) in [5, 5.41) is 3.39. The Bertz CT molecular complexity index is 470. The summed E-state index contributed by atoms with van der Waals surface area (Å²) >= 11 is 0. The number of pyridine rings is 1. The zero-order valence-corrected chi connectivity index (χ0v) is 10.1.